The molecule has 0 saturated heterocycles. The molecule has 3 N–H and O–H groups in total. The standard InChI is InChI=1S/C21H16N4O2S/c26-19(23-13-14-4-3-11-22-12-14)15-7-9-16(10-8-15)25-20(27)17-5-1-2-6-18(17)24-21(25)28/h1-12H,13H2,(H,23,26)(H,24,28)/p+1. The summed E-state index contributed by atoms with van der Waals surface area (Å²) >= 11 is 5.35. The van der Waals surface area contributed by atoms with Crippen LogP contribution in [0.25, 0.3) is 16.6 Å². The van der Waals surface area contributed by atoms with Crippen LogP contribution >= 0.6 is 12.2 Å². The van der Waals surface area contributed by atoms with E-state index < -0.39 is 0 Å². The molecule has 0 bridgehead atoms. The van der Waals surface area contributed by atoms with Crippen molar-refractivity contribution in [3.8, 4) is 5.69 Å². The van der Waals surface area contributed by atoms with E-state index in [1.807, 2.05) is 42.7 Å². The van der Waals surface area contributed by atoms with Crippen molar-refractivity contribution in [2.45, 2.75) is 6.54 Å². The lowest BCUT2D eigenvalue weighted by Crippen LogP contribution is -2.24. The Balaban J connectivity index is 1.60. The molecule has 0 saturated carbocycles. The molecule has 0 fully saturated rings. The van der Waals surface area contributed by atoms with Crippen LogP contribution in [0.15, 0.2) is 77.9 Å². The number of fused-ring (bicyclic) bond motifs is 1. The van der Waals surface area contributed by atoms with Crippen molar-refractivity contribution in [1.82, 2.24) is 14.9 Å². The fourth-order valence-corrected chi connectivity index (χ4v) is 3.28. The summed E-state index contributed by atoms with van der Waals surface area (Å²) in [5.41, 5.74) is 2.58. The Morgan fingerprint density at radius 1 is 1.07 bits per heavy atom. The summed E-state index contributed by atoms with van der Waals surface area (Å²) in [5.74, 6) is -0.188. The second-order valence-corrected chi connectivity index (χ2v) is 6.64. The van der Waals surface area contributed by atoms with Crippen LogP contribution < -0.4 is 15.9 Å². The van der Waals surface area contributed by atoms with Gasteiger partial charge in [0.2, 0.25) is 0 Å². The molecule has 0 radical (unpaired) electrons. The molecule has 7 heteroatoms. The molecule has 0 aliphatic rings. The molecular weight excluding hydrogens is 372 g/mol. The maximum absolute atomic E-state index is 12.8. The first-order chi connectivity index (χ1) is 13.6. The van der Waals surface area contributed by atoms with Crippen LogP contribution in [-0.4, -0.2) is 15.5 Å². The zero-order valence-electron chi connectivity index (χ0n) is 14.8. The number of H-pyrrole nitrogens is 2. The van der Waals surface area contributed by atoms with E-state index in [-0.39, 0.29) is 11.5 Å². The largest absolute Gasteiger partial charge is 0.348 e. The average molecular weight is 389 g/mol. The van der Waals surface area contributed by atoms with Gasteiger partial charge in [0.25, 0.3) is 11.5 Å². The molecule has 1 amide bonds. The van der Waals surface area contributed by atoms with Gasteiger partial charge >= 0.3 is 0 Å². The number of carbonyl (C=O) groups excluding carboxylic acids is 1. The third-order valence-electron chi connectivity index (χ3n) is 4.42. The number of carbonyl (C=O) groups is 1. The molecule has 6 nitrogen and oxygen atoms in total. The molecule has 2 aromatic carbocycles. The third kappa shape index (κ3) is 3.47. The van der Waals surface area contributed by atoms with Gasteiger partial charge in [-0.05, 0) is 54.7 Å². The number of rotatable bonds is 4. The summed E-state index contributed by atoms with van der Waals surface area (Å²) in [6.45, 7) is 0.424. The summed E-state index contributed by atoms with van der Waals surface area (Å²) in [7, 11) is 0. The Kier molecular flexibility index (Phi) is 4.82. The van der Waals surface area contributed by atoms with Crippen LogP contribution in [0.4, 0.5) is 0 Å². The van der Waals surface area contributed by atoms with E-state index in [1.165, 1.54) is 4.57 Å². The van der Waals surface area contributed by atoms with Crippen molar-refractivity contribution in [3.63, 3.8) is 0 Å². The first kappa shape index (κ1) is 17.8. The Bertz CT molecular complexity index is 1260. The highest BCUT2D eigenvalue weighted by atomic mass is 32.1. The zero-order valence-corrected chi connectivity index (χ0v) is 15.6. The van der Waals surface area contributed by atoms with Crippen LogP contribution in [0, 0.1) is 4.77 Å². The number of aromatic nitrogens is 3. The Labute approximate surface area is 165 Å². The number of para-hydroxylation sites is 1. The summed E-state index contributed by atoms with van der Waals surface area (Å²) in [6, 6.07) is 17.8. The van der Waals surface area contributed by atoms with Crippen molar-refractivity contribution in [3.05, 3.63) is 99.3 Å². The van der Waals surface area contributed by atoms with Crippen LogP contribution in [0.5, 0.6) is 0 Å². The third-order valence-corrected chi connectivity index (χ3v) is 4.70. The molecular formula is C21H17N4O2S+. The molecule has 4 rings (SSSR count). The quantitative estimate of drug-likeness (QED) is 0.527. The Morgan fingerprint density at radius 2 is 1.86 bits per heavy atom. The number of amides is 1. The first-order valence-corrected chi connectivity index (χ1v) is 9.12. The number of hydrogen-bond acceptors (Lipinski definition) is 3. The molecule has 2 aromatic heterocycles. The van der Waals surface area contributed by atoms with E-state index in [0.717, 1.165) is 5.56 Å². The highest BCUT2D eigenvalue weighted by Gasteiger charge is 2.10. The van der Waals surface area contributed by atoms with Gasteiger partial charge in [-0.25, -0.2) is 4.98 Å². The average Bonchev–Trinajstić information content (AvgIpc) is 2.73. The minimum Gasteiger partial charge on any atom is -0.348 e. The molecule has 0 unspecified atom stereocenters. The molecule has 0 aliphatic carbocycles. The summed E-state index contributed by atoms with van der Waals surface area (Å²) in [5, 5.41) is 3.42. The van der Waals surface area contributed by atoms with Crippen molar-refractivity contribution in [1.29, 1.82) is 0 Å². The van der Waals surface area contributed by atoms with Crippen molar-refractivity contribution in [2.24, 2.45) is 0 Å². The lowest BCUT2D eigenvalue weighted by Gasteiger charge is -2.09. The van der Waals surface area contributed by atoms with Gasteiger partial charge in [-0.1, -0.05) is 12.1 Å². The number of nitrogens with one attached hydrogen (secondary N) is 3. The topological polar surface area (TPSA) is 81.0 Å². The monoisotopic (exact) mass is 389 g/mol. The lowest BCUT2D eigenvalue weighted by atomic mass is 10.2. The zero-order chi connectivity index (χ0) is 19.5. The second kappa shape index (κ2) is 7.58. The van der Waals surface area contributed by atoms with Gasteiger partial charge in [0, 0.05) is 23.7 Å². The predicted molar refractivity (Wildman–Crippen MR) is 109 cm³/mol. The fraction of sp³-hybridized carbons (Fsp3) is 0.0476. The highest BCUT2D eigenvalue weighted by Crippen LogP contribution is 2.12. The first-order valence-electron chi connectivity index (χ1n) is 8.71. The molecule has 2 heterocycles. The lowest BCUT2D eigenvalue weighted by molar-refractivity contribution is -0.378. The van der Waals surface area contributed by atoms with Gasteiger partial charge in [-0.2, -0.15) is 0 Å². The molecule has 28 heavy (non-hydrogen) atoms. The summed E-state index contributed by atoms with van der Waals surface area (Å²) < 4.78 is 1.74. The minimum atomic E-state index is -0.197. The number of benzene rings is 2. The SMILES string of the molecule is O=C(NCc1ccc[nH+]c1)c1ccc(-n2c(=S)[nH]c3ccccc3c2=O)cc1. The van der Waals surface area contributed by atoms with Gasteiger partial charge in [-0.15, -0.1) is 0 Å². The van der Waals surface area contributed by atoms with E-state index >= 15 is 0 Å². The molecule has 0 spiro atoms. The maximum Gasteiger partial charge on any atom is 0.266 e. The normalized spacial score (nSPS) is 10.7. The molecule has 0 aliphatic heterocycles. The van der Waals surface area contributed by atoms with Gasteiger partial charge in [0.05, 0.1) is 16.6 Å². The molecule has 4 aromatic rings. The summed E-state index contributed by atoms with van der Waals surface area (Å²) in [4.78, 5) is 31.2. The Morgan fingerprint density at radius 3 is 2.61 bits per heavy atom. The van der Waals surface area contributed by atoms with Crippen LogP contribution in [0.2, 0.25) is 0 Å². The van der Waals surface area contributed by atoms with Crippen LogP contribution in [0.3, 0.4) is 0 Å². The van der Waals surface area contributed by atoms with Crippen LogP contribution in [-0.2, 0) is 6.54 Å². The molecule has 138 valence electrons. The smallest absolute Gasteiger partial charge is 0.266 e. The predicted octanol–water partition coefficient (Wildman–Crippen LogP) is 2.79. The maximum atomic E-state index is 12.8. The fourth-order valence-electron chi connectivity index (χ4n) is 2.98. The summed E-state index contributed by atoms with van der Waals surface area (Å²) in [6.07, 6.45) is 3.64. The van der Waals surface area contributed by atoms with Crippen molar-refractivity contribution in [2.75, 3.05) is 0 Å². The van der Waals surface area contributed by atoms with E-state index in [0.29, 0.717) is 33.5 Å². The number of pyridine rings is 1. The van der Waals surface area contributed by atoms with Crippen molar-refractivity contribution < 1.29 is 9.78 Å². The number of hydrogen-bond donors (Lipinski definition) is 2. The number of nitrogens with zero attached hydrogens (tertiary/aromatic N) is 1. The number of aromatic amines is 2. The Hall–Kier alpha value is -3.58. The van der Waals surface area contributed by atoms with E-state index in [9.17, 15) is 9.59 Å². The van der Waals surface area contributed by atoms with Gasteiger partial charge in [-0.3, -0.25) is 14.2 Å². The highest BCUT2D eigenvalue weighted by molar-refractivity contribution is 7.71. The minimum absolute atomic E-state index is 0.188. The molecule has 0 atom stereocenters. The van der Waals surface area contributed by atoms with E-state index in [2.05, 4.69) is 15.3 Å². The van der Waals surface area contributed by atoms with Crippen LogP contribution in [0.1, 0.15) is 15.9 Å². The van der Waals surface area contributed by atoms with Gasteiger partial charge in [0.15, 0.2) is 17.2 Å². The van der Waals surface area contributed by atoms with E-state index in [4.69, 9.17) is 12.2 Å². The second-order valence-electron chi connectivity index (χ2n) is 6.26. The van der Waals surface area contributed by atoms with Gasteiger partial charge < -0.3 is 10.3 Å². The van der Waals surface area contributed by atoms with Gasteiger partial charge in [0.1, 0.15) is 0 Å². The van der Waals surface area contributed by atoms with Crippen molar-refractivity contribution >= 4 is 29.0 Å². The van der Waals surface area contributed by atoms with E-state index in [1.54, 1.807) is 30.3 Å².